The third kappa shape index (κ3) is 3.77. The predicted molar refractivity (Wildman–Crippen MR) is 69.4 cm³/mol. The molecule has 5 nitrogen and oxygen atoms in total. The van der Waals surface area contributed by atoms with Gasteiger partial charge in [-0.15, -0.1) is 0 Å². The summed E-state index contributed by atoms with van der Waals surface area (Å²) in [4.78, 5) is 18.9. The first-order valence-electron chi connectivity index (χ1n) is 5.84. The second-order valence-corrected chi connectivity index (χ2v) is 4.23. The van der Waals surface area contributed by atoms with Crippen LogP contribution < -0.4 is 4.74 Å². The molecule has 1 N–H and O–H groups in total. The molecule has 0 saturated carbocycles. The highest BCUT2D eigenvalue weighted by atomic mass is 16.5. The minimum atomic E-state index is -0.931. The summed E-state index contributed by atoms with van der Waals surface area (Å²) in [6.45, 7) is 3.67. The van der Waals surface area contributed by atoms with Gasteiger partial charge in [0.15, 0.2) is 0 Å². The normalized spacial score (nSPS) is 10.2. The van der Waals surface area contributed by atoms with Crippen molar-refractivity contribution < 1.29 is 14.6 Å². The Morgan fingerprint density at radius 2 is 2.05 bits per heavy atom. The first-order chi connectivity index (χ1) is 9.02. The van der Waals surface area contributed by atoms with Gasteiger partial charge in [0.25, 0.3) is 0 Å². The minimum Gasteiger partial charge on any atom is -0.481 e. The third-order valence-electron chi connectivity index (χ3n) is 2.41. The Morgan fingerprint density at radius 3 is 2.74 bits per heavy atom. The smallest absolute Gasteiger partial charge is 0.309 e. The lowest BCUT2D eigenvalue weighted by Crippen LogP contribution is -2.05. The minimum absolute atomic E-state index is 0.145. The molecule has 0 fully saturated rings. The summed E-state index contributed by atoms with van der Waals surface area (Å²) >= 11 is 0. The molecular weight excluding hydrogens is 244 g/mol. The zero-order valence-corrected chi connectivity index (χ0v) is 10.8. The summed E-state index contributed by atoms with van der Waals surface area (Å²) in [7, 11) is 0. The summed E-state index contributed by atoms with van der Waals surface area (Å²) < 4.78 is 5.62. The maximum Gasteiger partial charge on any atom is 0.309 e. The number of carboxylic acid groups (broad SMARTS) is 1. The van der Waals surface area contributed by atoms with E-state index in [9.17, 15) is 4.79 Å². The van der Waals surface area contributed by atoms with Crippen LogP contribution in [-0.4, -0.2) is 21.0 Å². The monoisotopic (exact) mass is 258 g/mol. The number of nitrogens with zero attached hydrogens (tertiary/aromatic N) is 2. The van der Waals surface area contributed by atoms with E-state index in [0.29, 0.717) is 23.1 Å². The Hall–Kier alpha value is -2.43. The van der Waals surface area contributed by atoms with Crippen molar-refractivity contribution in [2.75, 3.05) is 0 Å². The lowest BCUT2D eigenvalue weighted by atomic mass is 10.2. The van der Waals surface area contributed by atoms with E-state index >= 15 is 0 Å². The number of hydrogen-bond acceptors (Lipinski definition) is 4. The van der Waals surface area contributed by atoms with Gasteiger partial charge in [-0.2, -0.15) is 4.98 Å². The van der Waals surface area contributed by atoms with Crippen LogP contribution in [0.3, 0.4) is 0 Å². The largest absolute Gasteiger partial charge is 0.481 e. The maximum atomic E-state index is 10.7. The van der Waals surface area contributed by atoms with Crippen molar-refractivity contribution in [3.8, 4) is 11.6 Å². The van der Waals surface area contributed by atoms with Crippen molar-refractivity contribution in [3.05, 3.63) is 47.4 Å². The number of aromatic nitrogens is 2. The molecule has 0 amide bonds. The molecule has 0 aliphatic carbocycles. The number of rotatable bonds is 4. The summed E-state index contributed by atoms with van der Waals surface area (Å²) in [5.74, 6) is 0.578. The van der Waals surface area contributed by atoms with E-state index in [1.807, 2.05) is 31.2 Å². The van der Waals surface area contributed by atoms with E-state index in [1.54, 1.807) is 13.0 Å². The van der Waals surface area contributed by atoms with Crippen LogP contribution in [0.4, 0.5) is 0 Å². The summed E-state index contributed by atoms with van der Waals surface area (Å²) in [6.07, 6.45) is -0.145. The number of carbonyl (C=O) groups is 1. The first-order valence-corrected chi connectivity index (χ1v) is 5.84. The molecule has 2 aromatic rings. The van der Waals surface area contributed by atoms with Crippen LogP contribution in [0, 0.1) is 13.8 Å². The lowest BCUT2D eigenvalue weighted by Gasteiger charge is -2.07. The van der Waals surface area contributed by atoms with E-state index in [2.05, 4.69) is 9.97 Å². The van der Waals surface area contributed by atoms with Crippen LogP contribution in [0.2, 0.25) is 0 Å². The standard InChI is InChI=1S/C14H14N2O3/c1-9-4-3-5-12(6-9)19-13-7-11(8-14(17)18)15-10(2)16-13/h3-7H,8H2,1-2H3,(H,17,18). The Bertz CT molecular complexity index is 611. The summed E-state index contributed by atoms with van der Waals surface area (Å²) in [6, 6.07) is 9.10. The summed E-state index contributed by atoms with van der Waals surface area (Å²) in [5.41, 5.74) is 1.51. The van der Waals surface area contributed by atoms with Crippen molar-refractivity contribution >= 4 is 5.97 Å². The number of aliphatic carboxylic acids is 1. The van der Waals surface area contributed by atoms with Crippen LogP contribution in [-0.2, 0) is 11.2 Å². The molecule has 5 heteroatoms. The fraction of sp³-hybridized carbons (Fsp3) is 0.214. The molecule has 0 bridgehead atoms. The second kappa shape index (κ2) is 5.48. The molecular formula is C14H14N2O3. The number of aryl methyl sites for hydroxylation is 2. The average Bonchev–Trinajstić information content (AvgIpc) is 2.26. The van der Waals surface area contributed by atoms with Crippen molar-refractivity contribution in [1.82, 2.24) is 9.97 Å². The third-order valence-corrected chi connectivity index (χ3v) is 2.41. The maximum absolute atomic E-state index is 10.7. The topological polar surface area (TPSA) is 72.3 Å². The van der Waals surface area contributed by atoms with Crippen molar-refractivity contribution in [1.29, 1.82) is 0 Å². The molecule has 0 radical (unpaired) electrons. The molecule has 1 heterocycles. The zero-order valence-electron chi connectivity index (χ0n) is 10.8. The van der Waals surface area contributed by atoms with Crippen LogP contribution in [0.5, 0.6) is 11.6 Å². The Labute approximate surface area is 110 Å². The van der Waals surface area contributed by atoms with Gasteiger partial charge in [-0.05, 0) is 31.5 Å². The molecule has 0 spiro atoms. The number of benzene rings is 1. The van der Waals surface area contributed by atoms with E-state index in [-0.39, 0.29) is 6.42 Å². The highest BCUT2D eigenvalue weighted by Crippen LogP contribution is 2.21. The van der Waals surface area contributed by atoms with E-state index < -0.39 is 5.97 Å². The SMILES string of the molecule is Cc1cccc(Oc2cc(CC(=O)O)nc(C)n2)c1. The van der Waals surface area contributed by atoms with Crippen LogP contribution in [0.25, 0.3) is 0 Å². The van der Waals surface area contributed by atoms with E-state index in [4.69, 9.17) is 9.84 Å². The highest BCUT2D eigenvalue weighted by Gasteiger charge is 2.07. The second-order valence-electron chi connectivity index (χ2n) is 4.23. The number of ether oxygens (including phenoxy) is 1. The van der Waals surface area contributed by atoms with Gasteiger partial charge in [-0.25, -0.2) is 4.98 Å². The molecule has 0 aliphatic rings. The first kappa shape index (κ1) is 13.0. The quantitative estimate of drug-likeness (QED) is 0.912. The average molecular weight is 258 g/mol. The van der Waals surface area contributed by atoms with Gasteiger partial charge in [0, 0.05) is 6.07 Å². The molecule has 0 saturated heterocycles. The van der Waals surface area contributed by atoms with Crippen molar-refractivity contribution in [2.45, 2.75) is 20.3 Å². The molecule has 2 rings (SSSR count). The molecule has 0 unspecified atom stereocenters. The molecule has 19 heavy (non-hydrogen) atoms. The predicted octanol–water partition coefficient (Wildman–Crippen LogP) is 2.51. The van der Waals surface area contributed by atoms with Gasteiger partial charge >= 0.3 is 5.97 Å². The van der Waals surface area contributed by atoms with Crippen LogP contribution >= 0.6 is 0 Å². The summed E-state index contributed by atoms with van der Waals surface area (Å²) in [5, 5.41) is 8.77. The van der Waals surface area contributed by atoms with E-state index in [0.717, 1.165) is 5.56 Å². The molecule has 98 valence electrons. The van der Waals surface area contributed by atoms with Gasteiger partial charge in [0.2, 0.25) is 5.88 Å². The number of hydrogen-bond donors (Lipinski definition) is 1. The van der Waals surface area contributed by atoms with Gasteiger partial charge in [0.1, 0.15) is 11.6 Å². The Morgan fingerprint density at radius 1 is 1.26 bits per heavy atom. The van der Waals surface area contributed by atoms with E-state index in [1.165, 1.54) is 0 Å². The lowest BCUT2D eigenvalue weighted by molar-refractivity contribution is -0.136. The fourth-order valence-electron chi connectivity index (χ4n) is 1.70. The molecule has 0 aliphatic heterocycles. The van der Waals surface area contributed by atoms with Crippen LogP contribution in [0.1, 0.15) is 17.1 Å². The van der Waals surface area contributed by atoms with Gasteiger partial charge < -0.3 is 9.84 Å². The molecule has 1 aromatic heterocycles. The highest BCUT2D eigenvalue weighted by molar-refractivity contribution is 5.69. The van der Waals surface area contributed by atoms with Gasteiger partial charge in [-0.3, -0.25) is 4.79 Å². The number of carboxylic acids is 1. The van der Waals surface area contributed by atoms with Crippen molar-refractivity contribution in [2.24, 2.45) is 0 Å². The molecule has 0 atom stereocenters. The zero-order chi connectivity index (χ0) is 13.8. The Balaban J connectivity index is 2.24. The fourth-order valence-corrected chi connectivity index (χ4v) is 1.70. The van der Waals surface area contributed by atoms with Crippen LogP contribution in [0.15, 0.2) is 30.3 Å². The van der Waals surface area contributed by atoms with Crippen molar-refractivity contribution in [3.63, 3.8) is 0 Å². The van der Waals surface area contributed by atoms with Gasteiger partial charge in [-0.1, -0.05) is 12.1 Å². The van der Waals surface area contributed by atoms with Gasteiger partial charge in [0.05, 0.1) is 12.1 Å². The Kier molecular flexibility index (Phi) is 3.75. The molecule has 1 aromatic carbocycles.